The van der Waals surface area contributed by atoms with Gasteiger partial charge in [-0.3, -0.25) is 9.52 Å². The van der Waals surface area contributed by atoms with Crippen molar-refractivity contribution in [1.82, 2.24) is 14.5 Å². The van der Waals surface area contributed by atoms with Crippen molar-refractivity contribution in [3.05, 3.63) is 33.7 Å². The quantitative estimate of drug-likeness (QED) is 0.788. The van der Waals surface area contributed by atoms with Gasteiger partial charge in [-0.1, -0.05) is 6.92 Å². The topological polar surface area (TPSA) is 103 Å². The molecule has 0 saturated carbocycles. The van der Waals surface area contributed by atoms with E-state index in [0.29, 0.717) is 28.8 Å². The van der Waals surface area contributed by atoms with E-state index in [2.05, 4.69) is 14.7 Å². The molecule has 2 aromatic heterocycles. The Bertz CT molecular complexity index is 1010. The average Bonchev–Trinajstić information content (AvgIpc) is 2.53. The fourth-order valence-corrected chi connectivity index (χ4v) is 3.80. The molecule has 0 fully saturated rings. The van der Waals surface area contributed by atoms with Gasteiger partial charge in [0.15, 0.2) is 0 Å². The van der Waals surface area contributed by atoms with Crippen LogP contribution in [0.25, 0.3) is 11.3 Å². The molecule has 154 valence electrons. The summed E-state index contributed by atoms with van der Waals surface area (Å²) in [5.41, 5.74) is 1.62. The molecule has 2 heterocycles. The van der Waals surface area contributed by atoms with Crippen LogP contribution in [0, 0.1) is 13.8 Å². The van der Waals surface area contributed by atoms with E-state index in [9.17, 15) is 13.2 Å². The van der Waals surface area contributed by atoms with Gasteiger partial charge in [0.05, 0.1) is 11.4 Å². The molecular weight excluding hydrogens is 380 g/mol. The first kappa shape index (κ1) is 21.9. The van der Waals surface area contributed by atoms with Gasteiger partial charge in [-0.15, -0.1) is 0 Å². The summed E-state index contributed by atoms with van der Waals surface area (Å²) in [4.78, 5) is 20.8. The lowest BCUT2D eigenvalue weighted by Gasteiger charge is -2.21. The average molecular weight is 409 g/mol. The summed E-state index contributed by atoms with van der Waals surface area (Å²) in [7, 11) is -1.88. The van der Waals surface area contributed by atoms with Gasteiger partial charge >= 0.3 is 6.01 Å². The van der Waals surface area contributed by atoms with Crippen LogP contribution in [-0.2, 0) is 17.1 Å². The van der Waals surface area contributed by atoms with E-state index >= 15 is 0 Å². The highest BCUT2D eigenvalue weighted by Crippen LogP contribution is 2.29. The van der Waals surface area contributed by atoms with E-state index in [-0.39, 0.29) is 23.1 Å². The first-order chi connectivity index (χ1) is 12.8. The summed E-state index contributed by atoms with van der Waals surface area (Å²) >= 11 is 0. The second kappa shape index (κ2) is 7.90. The Kier molecular flexibility index (Phi) is 6.18. The standard InChI is InChI=1S/C19H28N4O4S/c1-8-9-28(25,26)22-16-13(3)15(20-18(21-16)27-19(4,5)6)14-10-12(2)17(24)23(7)11-14/h10-11H,8-9H2,1-7H3,(H,20,21,22). The smallest absolute Gasteiger partial charge is 0.319 e. The maximum absolute atomic E-state index is 12.3. The molecule has 0 amide bonds. The van der Waals surface area contributed by atoms with Crippen molar-refractivity contribution in [2.24, 2.45) is 7.05 Å². The largest absolute Gasteiger partial charge is 0.458 e. The number of rotatable bonds is 6. The fourth-order valence-electron chi connectivity index (χ4n) is 2.67. The third kappa shape index (κ3) is 5.31. The van der Waals surface area contributed by atoms with Gasteiger partial charge in [-0.25, -0.2) is 8.42 Å². The summed E-state index contributed by atoms with van der Waals surface area (Å²) in [6, 6.07) is 1.79. The summed E-state index contributed by atoms with van der Waals surface area (Å²) < 4.78 is 34.4. The van der Waals surface area contributed by atoms with E-state index in [0.717, 1.165) is 0 Å². The molecule has 0 aliphatic carbocycles. The summed E-state index contributed by atoms with van der Waals surface area (Å²) in [6.07, 6.45) is 2.15. The van der Waals surface area contributed by atoms with Crippen LogP contribution in [0.5, 0.6) is 6.01 Å². The third-order valence-electron chi connectivity index (χ3n) is 3.88. The lowest BCUT2D eigenvalue weighted by atomic mass is 10.1. The molecule has 2 rings (SSSR count). The van der Waals surface area contributed by atoms with Crippen LogP contribution in [0.4, 0.5) is 5.82 Å². The molecule has 0 bridgehead atoms. The number of anilines is 1. The Labute approximate surface area is 166 Å². The third-order valence-corrected chi connectivity index (χ3v) is 5.33. The van der Waals surface area contributed by atoms with Gasteiger partial charge in [0.1, 0.15) is 11.4 Å². The second-order valence-electron chi connectivity index (χ2n) is 7.79. The molecule has 1 N–H and O–H groups in total. The van der Waals surface area contributed by atoms with Crippen molar-refractivity contribution in [3.8, 4) is 17.3 Å². The van der Waals surface area contributed by atoms with Crippen molar-refractivity contribution in [3.63, 3.8) is 0 Å². The van der Waals surface area contributed by atoms with E-state index in [1.807, 2.05) is 20.8 Å². The van der Waals surface area contributed by atoms with Crippen LogP contribution in [0.3, 0.4) is 0 Å². The summed E-state index contributed by atoms with van der Waals surface area (Å²) in [5.74, 6) is 0.157. The van der Waals surface area contributed by atoms with E-state index in [1.165, 1.54) is 4.57 Å². The Hall–Kier alpha value is -2.42. The molecule has 0 saturated heterocycles. The molecule has 0 aliphatic rings. The van der Waals surface area contributed by atoms with Gasteiger partial charge in [0.2, 0.25) is 10.0 Å². The van der Waals surface area contributed by atoms with Gasteiger partial charge < -0.3 is 9.30 Å². The first-order valence-corrected chi connectivity index (χ1v) is 10.7. The number of aromatic nitrogens is 3. The van der Waals surface area contributed by atoms with Gasteiger partial charge in [0, 0.05) is 29.9 Å². The number of hydrogen-bond acceptors (Lipinski definition) is 6. The Balaban J connectivity index is 2.69. The van der Waals surface area contributed by atoms with Crippen molar-refractivity contribution >= 4 is 15.8 Å². The molecular formula is C19H28N4O4S. The van der Waals surface area contributed by atoms with Crippen LogP contribution in [-0.4, -0.2) is 34.3 Å². The number of ether oxygens (including phenoxy) is 1. The van der Waals surface area contributed by atoms with Crippen LogP contribution in [0.1, 0.15) is 45.2 Å². The molecule has 0 spiro atoms. The Morgan fingerprint density at radius 1 is 1.21 bits per heavy atom. The molecule has 2 aromatic rings. The van der Waals surface area contributed by atoms with Gasteiger partial charge in [-0.2, -0.15) is 9.97 Å². The van der Waals surface area contributed by atoms with E-state index in [4.69, 9.17) is 4.74 Å². The van der Waals surface area contributed by atoms with Crippen molar-refractivity contribution in [2.45, 2.75) is 53.6 Å². The normalized spacial score (nSPS) is 12.1. The second-order valence-corrected chi connectivity index (χ2v) is 9.63. The van der Waals surface area contributed by atoms with E-state index < -0.39 is 15.6 Å². The van der Waals surface area contributed by atoms with Gasteiger partial charge in [0.25, 0.3) is 5.56 Å². The predicted octanol–water partition coefficient (Wildman–Crippen LogP) is 2.79. The van der Waals surface area contributed by atoms with Crippen LogP contribution in [0.15, 0.2) is 17.1 Å². The van der Waals surface area contributed by atoms with Gasteiger partial charge in [-0.05, 0) is 47.1 Å². The predicted molar refractivity (Wildman–Crippen MR) is 110 cm³/mol. The molecule has 0 aromatic carbocycles. The zero-order chi connectivity index (χ0) is 21.3. The maximum atomic E-state index is 12.3. The molecule has 0 atom stereocenters. The minimum absolute atomic E-state index is 0.0137. The first-order valence-electron chi connectivity index (χ1n) is 9.09. The molecule has 0 unspecified atom stereocenters. The van der Waals surface area contributed by atoms with Crippen LogP contribution in [0.2, 0.25) is 0 Å². The molecule has 8 nitrogen and oxygen atoms in total. The Morgan fingerprint density at radius 3 is 2.39 bits per heavy atom. The molecule has 9 heteroatoms. The highest BCUT2D eigenvalue weighted by Gasteiger charge is 2.21. The van der Waals surface area contributed by atoms with Crippen molar-refractivity contribution in [1.29, 1.82) is 0 Å². The molecule has 28 heavy (non-hydrogen) atoms. The lowest BCUT2D eigenvalue weighted by molar-refractivity contribution is 0.117. The number of nitrogens with one attached hydrogen (secondary N) is 1. The number of nitrogens with zero attached hydrogens (tertiary/aromatic N) is 3. The van der Waals surface area contributed by atoms with E-state index in [1.54, 1.807) is 40.1 Å². The summed E-state index contributed by atoms with van der Waals surface area (Å²) in [6.45, 7) is 10.8. The minimum atomic E-state index is -3.54. The number of hydrogen-bond donors (Lipinski definition) is 1. The zero-order valence-corrected chi connectivity index (χ0v) is 18.3. The van der Waals surface area contributed by atoms with Crippen molar-refractivity contribution in [2.75, 3.05) is 10.5 Å². The zero-order valence-electron chi connectivity index (χ0n) is 17.5. The number of sulfonamides is 1. The number of pyridine rings is 1. The van der Waals surface area contributed by atoms with Crippen LogP contribution >= 0.6 is 0 Å². The number of aryl methyl sites for hydroxylation is 2. The Morgan fingerprint density at radius 2 is 1.86 bits per heavy atom. The monoisotopic (exact) mass is 408 g/mol. The lowest BCUT2D eigenvalue weighted by Crippen LogP contribution is -2.25. The molecule has 0 aliphatic heterocycles. The highest BCUT2D eigenvalue weighted by molar-refractivity contribution is 7.92. The SMILES string of the molecule is CCCS(=O)(=O)Nc1nc(OC(C)(C)C)nc(-c2cc(C)c(=O)n(C)c2)c1C. The van der Waals surface area contributed by atoms with Crippen molar-refractivity contribution < 1.29 is 13.2 Å². The minimum Gasteiger partial charge on any atom is -0.458 e. The molecule has 0 radical (unpaired) electrons. The van der Waals surface area contributed by atoms with Crippen LogP contribution < -0.4 is 15.0 Å². The highest BCUT2D eigenvalue weighted by atomic mass is 32.2. The summed E-state index contributed by atoms with van der Waals surface area (Å²) in [5, 5.41) is 0. The fraction of sp³-hybridized carbons (Fsp3) is 0.526. The maximum Gasteiger partial charge on any atom is 0.319 e.